The molecule has 0 aliphatic rings. The second-order valence-corrected chi connectivity index (χ2v) is 5.74. The first-order valence-electron chi connectivity index (χ1n) is 2.25. The monoisotopic (exact) mass is 226 g/mol. The van der Waals surface area contributed by atoms with Gasteiger partial charge in [-0.2, -0.15) is 0 Å². The average molecular weight is 226 g/mol. The van der Waals surface area contributed by atoms with E-state index in [0.29, 0.717) is 0 Å². The van der Waals surface area contributed by atoms with Gasteiger partial charge in [-0.05, 0) is 23.2 Å². The van der Waals surface area contributed by atoms with Crippen LogP contribution in [0.15, 0.2) is 15.8 Å². The van der Waals surface area contributed by atoms with Gasteiger partial charge in [0.25, 0.3) is 0 Å². The van der Waals surface area contributed by atoms with Crippen LogP contribution in [0.1, 0.15) is 0 Å². The summed E-state index contributed by atoms with van der Waals surface area (Å²) in [7, 11) is 1.82. The summed E-state index contributed by atoms with van der Waals surface area (Å²) in [5.74, 6) is 0. The standard InChI is InChI=1S/C5H11IN2/c1-3-4-6(5-7)8-2/h3-4H,1,5,7H2,2H3. The van der Waals surface area contributed by atoms with Crippen molar-refractivity contribution in [3.63, 3.8) is 0 Å². The first-order chi connectivity index (χ1) is 3.85. The maximum Gasteiger partial charge on any atom is 0.0518 e. The molecule has 0 aromatic carbocycles. The molecule has 0 aromatic heterocycles. The van der Waals surface area contributed by atoms with Crippen LogP contribution in [0, 0.1) is 0 Å². The Morgan fingerprint density at radius 3 is 2.62 bits per heavy atom. The second kappa shape index (κ2) is 5.24. The first kappa shape index (κ1) is 8.10. The van der Waals surface area contributed by atoms with Gasteiger partial charge in [0.1, 0.15) is 0 Å². The van der Waals surface area contributed by atoms with E-state index in [0.717, 1.165) is 4.55 Å². The number of nitrogens with two attached hydrogens (primary N) is 1. The van der Waals surface area contributed by atoms with Gasteiger partial charge in [-0.15, -0.1) is 0 Å². The van der Waals surface area contributed by atoms with Gasteiger partial charge in [-0.3, -0.25) is 3.15 Å². The first-order valence-corrected chi connectivity index (χ1v) is 5.99. The fraction of sp³-hybridized carbons (Fsp3) is 0.400. The molecule has 2 nitrogen and oxygen atoms in total. The number of rotatable bonds is 2. The maximum atomic E-state index is 5.37. The summed E-state index contributed by atoms with van der Waals surface area (Å²) in [6.45, 7) is 3.56. The minimum absolute atomic E-state index is 0.729. The average Bonchev–Trinajstić information content (AvgIpc) is 1.83. The number of allylic oxidation sites excluding steroid dienone is 1. The van der Waals surface area contributed by atoms with Crippen molar-refractivity contribution in [1.82, 2.24) is 0 Å². The van der Waals surface area contributed by atoms with E-state index in [1.165, 1.54) is 0 Å². The molecule has 2 N–H and O–H groups in total. The summed E-state index contributed by atoms with van der Waals surface area (Å²) in [5, 5.41) is 0. The maximum absolute atomic E-state index is 5.37. The third kappa shape index (κ3) is 3.15. The Morgan fingerprint density at radius 2 is 2.50 bits per heavy atom. The molecule has 0 aliphatic heterocycles. The van der Waals surface area contributed by atoms with Crippen LogP contribution in [0.25, 0.3) is 0 Å². The lowest BCUT2D eigenvalue weighted by molar-refractivity contribution is 1.44. The normalized spacial score (nSPS) is 14.2. The van der Waals surface area contributed by atoms with Gasteiger partial charge < -0.3 is 5.73 Å². The minimum atomic E-state index is -1.18. The number of nitrogens with zero attached hydrogens (tertiary/aromatic N) is 1. The van der Waals surface area contributed by atoms with Crippen molar-refractivity contribution in [1.29, 1.82) is 0 Å². The van der Waals surface area contributed by atoms with Crippen molar-refractivity contribution in [3.05, 3.63) is 12.7 Å². The molecule has 0 saturated carbocycles. The lowest BCUT2D eigenvalue weighted by Gasteiger charge is -1.82. The van der Waals surface area contributed by atoms with Crippen molar-refractivity contribution in [2.45, 2.75) is 0 Å². The van der Waals surface area contributed by atoms with E-state index in [1.54, 1.807) is 6.08 Å². The van der Waals surface area contributed by atoms with Crippen molar-refractivity contribution in [3.8, 4) is 0 Å². The zero-order valence-electron chi connectivity index (χ0n) is 4.97. The SMILES string of the molecule is C=C/C=I(/CN)=NC. The zero-order chi connectivity index (χ0) is 6.41. The predicted molar refractivity (Wildman–Crippen MR) is 47.7 cm³/mol. The van der Waals surface area contributed by atoms with Crippen LogP contribution < -0.4 is 5.73 Å². The molecule has 0 amide bonds. The smallest absolute Gasteiger partial charge is 0.0518 e. The van der Waals surface area contributed by atoms with Crippen molar-refractivity contribution < 1.29 is 0 Å². The highest BCUT2D eigenvalue weighted by Gasteiger charge is 1.69. The number of hydrogen-bond acceptors (Lipinski definition) is 2. The summed E-state index contributed by atoms with van der Waals surface area (Å²) in [6.07, 6.45) is 1.78. The molecule has 3 heteroatoms. The van der Waals surface area contributed by atoms with Crippen LogP contribution in [0.4, 0.5) is 0 Å². The molecule has 0 fully saturated rings. The largest absolute Gasteiger partial charge is 0.322 e. The van der Waals surface area contributed by atoms with Crippen LogP contribution in [-0.4, -0.2) is 15.6 Å². The van der Waals surface area contributed by atoms with Crippen LogP contribution in [-0.2, 0) is 0 Å². The fourth-order valence-electron chi connectivity index (χ4n) is 0.280. The van der Waals surface area contributed by atoms with E-state index in [1.807, 2.05) is 11.1 Å². The summed E-state index contributed by atoms with van der Waals surface area (Å²) >= 11 is -1.18. The van der Waals surface area contributed by atoms with E-state index in [9.17, 15) is 0 Å². The minimum Gasteiger partial charge on any atom is -0.322 e. The van der Waals surface area contributed by atoms with Gasteiger partial charge in [-0.25, -0.2) is 0 Å². The van der Waals surface area contributed by atoms with Gasteiger partial charge in [0.05, 0.1) is 4.55 Å². The number of hydrogen-bond donors (Lipinski definition) is 1. The fourth-order valence-corrected chi connectivity index (χ4v) is 1.88. The summed E-state index contributed by atoms with van der Waals surface area (Å²) in [6, 6.07) is 0. The highest BCUT2D eigenvalue weighted by atomic mass is 127. The third-order valence-electron chi connectivity index (χ3n) is 0.610. The van der Waals surface area contributed by atoms with E-state index >= 15 is 0 Å². The van der Waals surface area contributed by atoms with Crippen molar-refractivity contribution in [2.24, 2.45) is 8.88 Å². The molecule has 0 saturated heterocycles. The Balaban J connectivity index is 4.09. The molecular formula is C5H11IN2. The second-order valence-electron chi connectivity index (χ2n) is 1.06. The Morgan fingerprint density at radius 1 is 1.88 bits per heavy atom. The molecular weight excluding hydrogens is 215 g/mol. The van der Waals surface area contributed by atoms with Crippen LogP contribution in [0.3, 0.4) is 0 Å². The van der Waals surface area contributed by atoms with Crippen molar-refractivity contribution in [2.75, 3.05) is 11.6 Å². The van der Waals surface area contributed by atoms with Crippen LogP contribution in [0.5, 0.6) is 0 Å². The van der Waals surface area contributed by atoms with Gasteiger partial charge in [0.15, 0.2) is 0 Å². The molecule has 0 aliphatic carbocycles. The van der Waals surface area contributed by atoms with Gasteiger partial charge in [-0.1, -0.05) is 12.7 Å². The van der Waals surface area contributed by atoms with Crippen LogP contribution in [0.2, 0.25) is 0 Å². The van der Waals surface area contributed by atoms with Crippen molar-refractivity contribution >= 4 is 23.2 Å². The predicted octanol–water partition coefficient (Wildman–Crippen LogP) is 1.21. The van der Waals surface area contributed by atoms with Crippen LogP contribution >= 0.6 is 19.2 Å². The van der Waals surface area contributed by atoms with E-state index in [2.05, 4.69) is 9.72 Å². The third-order valence-corrected chi connectivity index (χ3v) is 4.09. The number of halogens is 1. The van der Waals surface area contributed by atoms with Gasteiger partial charge in [0.2, 0.25) is 0 Å². The quantitative estimate of drug-likeness (QED) is 0.429. The van der Waals surface area contributed by atoms with E-state index < -0.39 is 19.2 Å². The Hall–Kier alpha value is 0.100. The summed E-state index contributed by atoms with van der Waals surface area (Å²) < 4.78 is 6.86. The molecule has 0 aromatic rings. The highest BCUT2D eigenvalue weighted by molar-refractivity contribution is 14.2. The highest BCUT2D eigenvalue weighted by Crippen LogP contribution is 2.05. The molecule has 48 valence electrons. The number of alkyl halides is 1. The Bertz CT molecular complexity index is 143. The zero-order valence-corrected chi connectivity index (χ0v) is 7.13. The molecule has 0 atom stereocenters. The molecule has 0 rings (SSSR count). The molecule has 0 spiro atoms. The van der Waals surface area contributed by atoms with E-state index in [4.69, 9.17) is 5.73 Å². The Labute approximate surface area is 56.5 Å². The lowest BCUT2D eigenvalue weighted by atomic mass is 10.8. The molecule has 0 radical (unpaired) electrons. The lowest BCUT2D eigenvalue weighted by Crippen LogP contribution is -1.88. The summed E-state index contributed by atoms with van der Waals surface area (Å²) in [4.78, 5) is 0. The summed E-state index contributed by atoms with van der Waals surface area (Å²) in [5.41, 5.74) is 5.37. The molecule has 0 unspecified atom stereocenters. The van der Waals surface area contributed by atoms with Gasteiger partial charge >= 0.3 is 0 Å². The molecule has 8 heavy (non-hydrogen) atoms. The Kier molecular flexibility index (Phi) is 5.31. The molecule has 0 bridgehead atoms. The van der Waals surface area contributed by atoms with E-state index in [-0.39, 0.29) is 0 Å². The topological polar surface area (TPSA) is 38.4 Å². The molecule has 0 heterocycles. The van der Waals surface area contributed by atoms with Gasteiger partial charge in [0, 0.05) is 7.05 Å².